The first-order valence-corrected chi connectivity index (χ1v) is 12.3. The number of carbonyl (C=O) groups is 1. The maximum Gasteiger partial charge on any atom is 0.257 e. The zero-order valence-electron chi connectivity index (χ0n) is 19.7. The molecule has 1 atom stereocenters. The van der Waals surface area contributed by atoms with Crippen molar-refractivity contribution >= 4 is 28.9 Å². The second-order valence-electron chi connectivity index (χ2n) is 9.11. The fourth-order valence-corrected chi connectivity index (χ4v) is 5.01. The number of halogens is 2. The lowest BCUT2D eigenvalue weighted by Gasteiger charge is -2.36. The summed E-state index contributed by atoms with van der Waals surface area (Å²) in [6.07, 6.45) is 0.611. The Bertz CT molecular complexity index is 1240. The normalized spacial score (nSPS) is 18.6. The van der Waals surface area contributed by atoms with Crippen molar-refractivity contribution in [3.05, 3.63) is 100 Å². The van der Waals surface area contributed by atoms with Crippen LogP contribution in [0.3, 0.4) is 0 Å². The number of carbonyl (C=O) groups excluding carboxylic acids is 1. The summed E-state index contributed by atoms with van der Waals surface area (Å²) in [5, 5.41) is 7.03. The molecule has 0 aliphatic carbocycles. The largest absolute Gasteiger partial charge is 0.367 e. The molecule has 2 aliphatic heterocycles. The van der Waals surface area contributed by atoms with E-state index in [2.05, 4.69) is 29.2 Å². The summed E-state index contributed by atoms with van der Waals surface area (Å²) >= 11 is 6.45. The van der Waals surface area contributed by atoms with Gasteiger partial charge in [0.2, 0.25) is 0 Å². The van der Waals surface area contributed by atoms with Crippen LogP contribution in [-0.4, -0.2) is 54.3 Å². The van der Waals surface area contributed by atoms with E-state index in [1.807, 2.05) is 42.2 Å². The SMILES string of the molecule is Cc1ccc([C@@H]2CC(c3ccccc3Cl)=NN2C(=O)CN2CCN(c3ccccc3F)CC2)cc1. The van der Waals surface area contributed by atoms with Crippen LogP contribution in [-0.2, 0) is 4.79 Å². The first kappa shape index (κ1) is 23.5. The molecule has 0 spiro atoms. The van der Waals surface area contributed by atoms with Crippen molar-refractivity contribution in [3.8, 4) is 0 Å². The number of anilines is 1. The van der Waals surface area contributed by atoms with Gasteiger partial charge in [-0.15, -0.1) is 0 Å². The van der Waals surface area contributed by atoms with Crippen molar-refractivity contribution in [2.24, 2.45) is 5.10 Å². The molecule has 0 unspecified atom stereocenters. The van der Waals surface area contributed by atoms with Crippen molar-refractivity contribution in [3.63, 3.8) is 0 Å². The highest BCUT2D eigenvalue weighted by Crippen LogP contribution is 2.34. The summed E-state index contributed by atoms with van der Waals surface area (Å²) in [5.74, 6) is -0.256. The number of benzene rings is 3. The van der Waals surface area contributed by atoms with Crippen LogP contribution in [0.15, 0.2) is 77.9 Å². The van der Waals surface area contributed by atoms with Gasteiger partial charge < -0.3 is 4.90 Å². The van der Waals surface area contributed by atoms with E-state index in [1.54, 1.807) is 17.1 Å². The second kappa shape index (κ2) is 10.2. The number of nitrogens with zero attached hydrogens (tertiary/aromatic N) is 4. The standard InChI is InChI=1S/C28H28ClFN4O/c1-20-10-12-21(13-11-20)27-18-25(22-6-2-3-7-23(22)29)31-34(27)28(35)19-32-14-16-33(17-15-32)26-9-5-4-8-24(26)30/h2-13,27H,14-19H2,1H3/t27-/m0/s1. The number of amides is 1. The quantitative estimate of drug-likeness (QED) is 0.488. The van der Waals surface area contributed by atoms with Gasteiger partial charge in [0.15, 0.2) is 0 Å². The minimum absolute atomic E-state index is 0.0445. The first-order chi connectivity index (χ1) is 17.0. The number of aryl methyl sites for hydroxylation is 1. The molecule has 7 heteroatoms. The van der Waals surface area contributed by atoms with Crippen molar-refractivity contribution in [2.75, 3.05) is 37.6 Å². The van der Waals surface area contributed by atoms with E-state index < -0.39 is 0 Å². The van der Waals surface area contributed by atoms with E-state index in [0.717, 1.165) is 16.8 Å². The zero-order valence-corrected chi connectivity index (χ0v) is 20.5. The summed E-state index contributed by atoms with van der Waals surface area (Å²) in [5.41, 5.74) is 4.52. The van der Waals surface area contributed by atoms with Gasteiger partial charge in [0.05, 0.1) is 24.0 Å². The summed E-state index contributed by atoms with van der Waals surface area (Å²) < 4.78 is 14.2. The van der Waals surface area contributed by atoms with Gasteiger partial charge in [-0.2, -0.15) is 5.10 Å². The topological polar surface area (TPSA) is 39.2 Å². The molecule has 3 aromatic rings. The molecule has 3 aromatic carbocycles. The molecule has 180 valence electrons. The summed E-state index contributed by atoms with van der Waals surface area (Å²) in [6.45, 7) is 5.03. The number of para-hydroxylation sites is 1. The average Bonchev–Trinajstić information content (AvgIpc) is 3.31. The monoisotopic (exact) mass is 490 g/mol. The van der Waals surface area contributed by atoms with Crippen molar-refractivity contribution in [1.82, 2.24) is 9.91 Å². The molecule has 0 saturated carbocycles. The van der Waals surface area contributed by atoms with Crippen molar-refractivity contribution in [1.29, 1.82) is 0 Å². The molecular formula is C28H28ClFN4O. The van der Waals surface area contributed by atoms with E-state index in [-0.39, 0.29) is 24.3 Å². The predicted molar refractivity (Wildman–Crippen MR) is 138 cm³/mol. The lowest BCUT2D eigenvalue weighted by Crippen LogP contribution is -2.49. The van der Waals surface area contributed by atoms with Crippen molar-refractivity contribution in [2.45, 2.75) is 19.4 Å². The molecule has 0 aromatic heterocycles. The summed E-state index contributed by atoms with van der Waals surface area (Å²) in [7, 11) is 0. The van der Waals surface area contributed by atoms with Gasteiger partial charge in [0.25, 0.3) is 5.91 Å². The van der Waals surface area contributed by atoms with Crippen molar-refractivity contribution < 1.29 is 9.18 Å². The molecule has 2 heterocycles. The number of hydrogen-bond donors (Lipinski definition) is 0. The maximum atomic E-state index is 14.2. The first-order valence-electron chi connectivity index (χ1n) is 11.9. The number of piperazine rings is 1. The second-order valence-corrected chi connectivity index (χ2v) is 9.52. The predicted octanol–water partition coefficient (Wildman–Crippen LogP) is 5.29. The van der Waals surface area contributed by atoms with Crippen LogP contribution in [0.2, 0.25) is 5.02 Å². The Morgan fingerprint density at radius 1 is 0.971 bits per heavy atom. The third-order valence-electron chi connectivity index (χ3n) is 6.74. The highest BCUT2D eigenvalue weighted by molar-refractivity contribution is 6.34. The Kier molecular flexibility index (Phi) is 6.84. The lowest BCUT2D eigenvalue weighted by atomic mass is 9.97. The van der Waals surface area contributed by atoms with Crippen LogP contribution in [0.5, 0.6) is 0 Å². The molecule has 5 rings (SSSR count). The van der Waals surface area contributed by atoms with E-state index in [9.17, 15) is 9.18 Å². The third kappa shape index (κ3) is 5.09. The van der Waals surface area contributed by atoms with E-state index in [4.69, 9.17) is 16.7 Å². The third-order valence-corrected chi connectivity index (χ3v) is 7.07. The van der Waals surface area contributed by atoms with Gasteiger partial charge in [0, 0.05) is 43.2 Å². The van der Waals surface area contributed by atoms with Gasteiger partial charge in [-0.1, -0.05) is 71.8 Å². The smallest absolute Gasteiger partial charge is 0.257 e. The molecule has 1 saturated heterocycles. The molecule has 5 nitrogen and oxygen atoms in total. The molecular weight excluding hydrogens is 463 g/mol. The van der Waals surface area contributed by atoms with Gasteiger partial charge in [-0.05, 0) is 30.7 Å². The number of hydrogen-bond acceptors (Lipinski definition) is 4. The zero-order chi connectivity index (χ0) is 24.4. The highest BCUT2D eigenvalue weighted by Gasteiger charge is 2.34. The van der Waals surface area contributed by atoms with Gasteiger partial charge in [0.1, 0.15) is 5.82 Å². The van der Waals surface area contributed by atoms with Gasteiger partial charge in [-0.25, -0.2) is 9.40 Å². The molecule has 2 aliphatic rings. The lowest BCUT2D eigenvalue weighted by molar-refractivity contribution is -0.134. The number of rotatable bonds is 5. The van der Waals surface area contributed by atoms with Crippen LogP contribution >= 0.6 is 11.6 Å². The van der Waals surface area contributed by atoms with E-state index in [1.165, 1.54) is 11.6 Å². The van der Waals surface area contributed by atoms with E-state index in [0.29, 0.717) is 43.3 Å². The van der Waals surface area contributed by atoms with Crippen LogP contribution in [0.1, 0.15) is 29.2 Å². The summed E-state index contributed by atoms with van der Waals surface area (Å²) in [6, 6.07) is 22.5. The fraction of sp³-hybridized carbons (Fsp3) is 0.286. The fourth-order valence-electron chi connectivity index (χ4n) is 4.77. The Balaban J connectivity index is 1.32. The Hall–Kier alpha value is -3.22. The molecule has 1 fully saturated rings. The van der Waals surface area contributed by atoms with Crippen LogP contribution in [0.4, 0.5) is 10.1 Å². The maximum absolute atomic E-state index is 14.2. The summed E-state index contributed by atoms with van der Waals surface area (Å²) in [4.78, 5) is 17.7. The Morgan fingerprint density at radius 3 is 2.37 bits per heavy atom. The Morgan fingerprint density at radius 2 is 1.66 bits per heavy atom. The van der Waals surface area contributed by atoms with Gasteiger partial charge >= 0.3 is 0 Å². The molecule has 0 N–H and O–H groups in total. The highest BCUT2D eigenvalue weighted by atomic mass is 35.5. The molecule has 0 bridgehead atoms. The van der Waals surface area contributed by atoms with Gasteiger partial charge in [-0.3, -0.25) is 9.69 Å². The molecule has 35 heavy (non-hydrogen) atoms. The van der Waals surface area contributed by atoms with Crippen LogP contribution in [0, 0.1) is 12.7 Å². The number of hydrazone groups is 1. The Labute approximate surface area is 210 Å². The van der Waals surface area contributed by atoms with E-state index >= 15 is 0 Å². The minimum atomic E-state index is -0.212. The average molecular weight is 491 g/mol. The minimum Gasteiger partial charge on any atom is -0.367 e. The van der Waals surface area contributed by atoms with Crippen LogP contribution < -0.4 is 4.90 Å². The molecule has 1 amide bonds. The van der Waals surface area contributed by atoms with Crippen LogP contribution in [0.25, 0.3) is 0 Å². The molecule has 0 radical (unpaired) electrons.